The van der Waals surface area contributed by atoms with Gasteiger partial charge in [0.05, 0.1) is 11.2 Å². The summed E-state index contributed by atoms with van der Waals surface area (Å²) in [5.41, 5.74) is 5.47. The van der Waals surface area contributed by atoms with E-state index >= 15 is 0 Å². The lowest BCUT2D eigenvalue weighted by molar-refractivity contribution is 0.459. The summed E-state index contributed by atoms with van der Waals surface area (Å²) in [7, 11) is 0. The van der Waals surface area contributed by atoms with Crippen molar-refractivity contribution in [2.45, 2.75) is 0 Å². The Morgan fingerprint density at radius 1 is 0.759 bits per heavy atom. The summed E-state index contributed by atoms with van der Waals surface area (Å²) in [5.74, 6) is 0.00299. The van der Waals surface area contributed by atoms with Crippen LogP contribution in [0.4, 0.5) is 10.8 Å². The van der Waals surface area contributed by atoms with E-state index in [2.05, 4.69) is 56.6 Å². The number of benzene rings is 3. The van der Waals surface area contributed by atoms with Crippen LogP contribution in [0.15, 0.2) is 94.5 Å². The van der Waals surface area contributed by atoms with E-state index in [1.165, 1.54) is 22.5 Å². The van der Waals surface area contributed by atoms with Gasteiger partial charge in [0.15, 0.2) is 5.69 Å². The van der Waals surface area contributed by atoms with Crippen LogP contribution in [0.2, 0.25) is 0 Å². The fourth-order valence-electron chi connectivity index (χ4n) is 3.21. The van der Waals surface area contributed by atoms with Crippen LogP contribution < -0.4 is 0 Å². The van der Waals surface area contributed by atoms with Crippen molar-refractivity contribution in [3.8, 4) is 28.3 Å². The van der Waals surface area contributed by atoms with Crippen molar-refractivity contribution in [2.75, 3.05) is 0 Å². The van der Waals surface area contributed by atoms with Crippen molar-refractivity contribution in [3.05, 3.63) is 84.2 Å². The first-order valence-corrected chi connectivity index (χ1v) is 9.99. The molecule has 140 valence electrons. The Balaban J connectivity index is 1.39. The van der Waals surface area contributed by atoms with Gasteiger partial charge in [-0.2, -0.15) is 0 Å². The molecule has 5 aromatic rings. The van der Waals surface area contributed by atoms with Gasteiger partial charge in [0.1, 0.15) is 0 Å². The van der Waals surface area contributed by atoms with E-state index in [1.54, 1.807) is 0 Å². The molecule has 0 spiro atoms. The summed E-state index contributed by atoms with van der Waals surface area (Å²) in [4.78, 5) is 7.46. The van der Waals surface area contributed by atoms with Crippen molar-refractivity contribution in [1.82, 2.24) is 9.97 Å². The molecule has 0 fully saturated rings. The van der Waals surface area contributed by atoms with Gasteiger partial charge in [-0.25, -0.2) is 4.98 Å². The minimum atomic E-state index is 0.00299. The minimum Gasteiger partial charge on any atom is -0.493 e. The summed E-state index contributed by atoms with van der Waals surface area (Å²) >= 11 is 1.41. The summed E-state index contributed by atoms with van der Waals surface area (Å²) in [5, 5.41) is 21.8. The number of aromatic nitrogens is 2. The zero-order valence-electron chi connectivity index (χ0n) is 15.3. The molecule has 0 aliphatic rings. The minimum absolute atomic E-state index is 0.00299. The van der Waals surface area contributed by atoms with E-state index in [0.29, 0.717) is 10.8 Å². The molecule has 2 heterocycles. The van der Waals surface area contributed by atoms with Crippen LogP contribution >= 0.6 is 11.3 Å². The van der Waals surface area contributed by atoms with Gasteiger partial charge in [0, 0.05) is 16.3 Å². The van der Waals surface area contributed by atoms with Crippen molar-refractivity contribution in [2.24, 2.45) is 10.2 Å². The molecule has 2 N–H and O–H groups in total. The standard InChI is InChI=1S/C23H16N4OS/c28-22-21(18-8-4-5-9-19(18)24-22)26-27-23-25-20(14-29-23)17-12-10-16(11-13-17)15-6-2-1-3-7-15/h1-14,24,28H. The van der Waals surface area contributed by atoms with Crippen LogP contribution in [0.5, 0.6) is 5.88 Å². The summed E-state index contributed by atoms with van der Waals surface area (Å²) in [6.07, 6.45) is 0. The second-order valence-electron chi connectivity index (χ2n) is 6.53. The highest BCUT2D eigenvalue weighted by Crippen LogP contribution is 2.37. The van der Waals surface area contributed by atoms with Crippen LogP contribution in [0.3, 0.4) is 0 Å². The molecule has 0 amide bonds. The number of hydrogen-bond acceptors (Lipinski definition) is 5. The first-order valence-electron chi connectivity index (χ1n) is 9.11. The molecule has 5 nitrogen and oxygen atoms in total. The zero-order chi connectivity index (χ0) is 19.6. The van der Waals surface area contributed by atoms with E-state index in [0.717, 1.165) is 22.2 Å². The van der Waals surface area contributed by atoms with Crippen LogP contribution in [-0.4, -0.2) is 15.1 Å². The number of nitrogens with zero attached hydrogens (tertiary/aromatic N) is 3. The molecular formula is C23H16N4OS. The first-order chi connectivity index (χ1) is 14.3. The van der Waals surface area contributed by atoms with Gasteiger partial charge in [-0.1, -0.05) is 72.8 Å². The van der Waals surface area contributed by atoms with Crippen molar-refractivity contribution in [3.63, 3.8) is 0 Å². The zero-order valence-corrected chi connectivity index (χ0v) is 16.1. The third-order valence-corrected chi connectivity index (χ3v) is 5.40. The van der Waals surface area contributed by atoms with Crippen molar-refractivity contribution < 1.29 is 5.11 Å². The Labute approximate surface area is 171 Å². The van der Waals surface area contributed by atoms with Crippen LogP contribution in [0.25, 0.3) is 33.3 Å². The van der Waals surface area contributed by atoms with Gasteiger partial charge >= 0.3 is 0 Å². The van der Waals surface area contributed by atoms with Crippen LogP contribution in [-0.2, 0) is 0 Å². The molecule has 5 rings (SSSR count). The topological polar surface area (TPSA) is 73.6 Å². The maximum Gasteiger partial charge on any atom is 0.230 e. The second kappa shape index (κ2) is 7.33. The van der Waals surface area contributed by atoms with Gasteiger partial charge in [-0.05, 0) is 17.2 Å². The molecule has 29 heavy (non-hydrogen) atoms. The Morgan fingerprint density at radius 2 is 1.45 bits per heavy atom. The fourth-order valence-corrected chi connectivity index (χ4v) is 3.86. The average Bonchev–Trinajstić information content (AvgIpc) is 3.37. The molecule has 0 radical (unpaired) electrons. The smallest absolute Gasteiger partial charge is 0.230 e. The van der Waals surface area contributed by atoms with Crippen LogP contribution in [0.1, 0.15) is 0 Å². The quantitative estimate of drug-likeness (QED) is 0.319. The maximum absolute atomic E-state index is 10.1. The average molecular weight is 396 g/mol. The van der Waals surface area contributed by atoms with Gasteiger partial charge in [0.2, 0.25) is 11.0 Å². The maximum atomic E-state index is 10.1. The fraction of sp³-hybridized carbons (Fsp3) is 0. The molecular weight excluding hydrogens is 380 g/mol. The van der Waals surface area contributed by atoms with Crippen LogP contribution in [0, 0.1) is 0 Å². The molecule has 2 aromatic heterocycles. The molecule has 0 atom stereocenters. The number of hydrogen-bond donors (Lipinski definition) is 2. The third-order valence-electron chi connectivity index (χ3n) is 4.67. The molecule has 3 aromatic carbocycles. The van der Waals surface area contributed by atoms with Gasteiger partial charge in [-0.15, -0.1) is 21.6 Å². The Hall–Kier alpha value is -3.77. The molecule has 0 unspecified atom stereocenters. The number of nitrogens with one attached hydrogen (secondary N) is 1. The molecule has 0 saturated carbocycles. The summed E-state index contributed by atoms with van der Waals surface area (Å²) < 4.78 is 0. The lowest BCUT2D eigenvalue weighted by Gasteiger charge is -2.02. The number of azo groups is 1. The number of aromatic hydroxyl groups is 1. The van der Waals surface area contributed by atoms with E-state index in [1.807, 2.05) is 47.8 Å². The molecule has 0 saturated heterocycles. The van der Waals surface area contributed by atoms with Gasteiger partial charge in [-0.3, -0.25) is 0 Å². The highest BCUT2D eigenvalue weighted by molar-refractivity contribution is 7.13. The number of thiazole rings is 1. The van der Waals surface area contributed by atoms with E-state index in [-0.39, 0.29) is 5.88 Å². The lowest BCUT2D eigenvalue weighted by Crippen LogP contribution is -1.80. The van der Waals surface area contributed by atoms with Gasteiger partial charge < -0.3 is 10.1 Å². The summed E-state index contributed by atoms with van der Waals surface area (Å²) in [6, 6.07) is 26.1. The van der Waals surface area contributed by atoms with E-state index < -0.39 is 0 Å². The van der Waals surface area contributed by atoms with E-state index in [4.69, 9.17) is 0 Å². The Morgan fingerprint density at radius 3 is 2.28 bits per heavy atom. The highest BCUT2D eigenvalue weighted by atomic mass is 32.1. The second-order valence-corrected chi connectivity index (χ2v) is 7.36. The third kappa shape index (κ3) is 3.41. The molecule has 0 bridgehead atoms. The number of para-hydroxylation sites is 1. The summed E-state index contributed by atoms with van der Waals surface area (Å²) in [6.45, 7) is 0. The monoisotopic (exact) mass is 396 g/mol. The molecule has 0 aliphatic heterocycles. The number of H-pyrrole nitrogens is 1. The largest absolute Gasteiger partial charge is 0.493 e. The number of rotatable bonds is 4. The Bertz CT molecular complexity index is 1300. The van der Waals surface area contributed by atoms with E-state index in [9.17, 15) is 5.11 Å². The number of fused-ring (bicyclic) bond motifs is 1. The Kier molecular flexibility index (Phi) is 4.38. The van der Waals surface area contributed by atoms with Crippen molar-refractivity contribution in [1.29, 1.82) is 0 Å². The van der Waals surface area contributed by atoms with Crippen molar-refractivity contribution >= 4 is 33.1 Å². The van der Waals surface area contributed by atoms with Gasteiger partial charge in [0.25, 0.3) is 0 Å². The SMILES string of the molecule is Oc1[nH]c2ccccc2c1N=Nc1nc(-c2ccc(-c3ccccc3)cc2)cs1. The highest BCUT2D eigenvalue weighted by Gasteiger charge is 2.10. The normalized spacial score (nSPS) is 11.4. The first kappa shape index (κ1) is 17.3. The predicted octanol–water partition coefficient (Wildman–Crippen LogP) is 7.08. The molecule has 6 heteroatoms. The molecule has 0 aliphatic carbocycles. The number of aromatic amines is 1. The predicted molar refractivity (Wildman–Crippen MR) is 117 cm³/mol. The lowest BCUT2D eigenvalue weighted by atomic mass is 10.0.